The predicted octanol–water partition coefficient (Wildman–Crippen LogP) is 3.60. The van der Waals surface area contributed by atoms with Crippen LogP contribution in [0.1, 0.15) is 10.4 Å². The van der Waals surface area contributed by atoms with Crippen LogP contribution in [0.2, 0.25) is 5.02 Å². The number of amides is 1. The molecule has 0 saturated heterocycles. The molecule has 0 spiro atoms. The van der Waals surface area contributed by atoms with Gasteiger partial charge in [0.25, 0.3) is 5.91 Å². The highest BCUT2D eigenvalue weighted by atomic mass is 127. The van der Waals surface area contributed by atoms with E-state index in [2.05, 4.69) is 27.9 Å². The first kappa shape index (κ1) is 16.3. The van der Waals surface area contributed by atoms with Crippen molar-refractivity contribution in [1.82, 2.24) is 0 Å². The number of hydrogen-bond donors (Lipinski definition) is 1. The Balaban J connectivity index is 2.32. The van der Waals surface area contributed by atoms with Gasteiger partial charge in [0.2, 0.25) is 0 Å². The van der Waals surface area contributed by atoms with E-state index in [0.717, 1.165) is 9.83 Å². The second-order valence-corrected chi connectivity index (χ2v) is 8.02. The fourth-order valence-electron chi connectivity index (χ4n) is 1.70. The number of nitrogens with one attached hydrogen (secondary N) is 1. The van der Waals surface area contributed by atoms with Gasteiger partial charge < -0.3 is 5.32 Å². The maximum atomic E-state index is 12.2. The Morgan fingerprint density at radius 1 is 1.19 bits per heavy atom. The molecule has 0 unspecified atom stereocenters. The minimum atomic E-state index is -3.48. The lowest BCUT2D eigenvalue weighted by Crippen LogP contribution is -2.13. The fourth-order valence-corrected chi connectivity index (χ4v) is 3.54. The Labute approximate surface area is 141 Å². The number of anilines is 1. The van der Waals surface area contributed by atoms with Gasteiger partial charge in [-0.05, 0) is 59.0 Å². The Morgan fingerprint density at radius 2 is 1.90 bits per heavy atom. The van der Waals surface area contributed by atoms with E-state index in [4.69, 9.17) is 11.6 Å². The highest BCUT2D eigenvalue weighted by Crippen LogP contribution is 2.23. The van der Waals surface area contributed by atoms with Gasteiger partial charge in [0.15, 0.2) is 9.84 Å². The lowest BCUT2D eigenvalue weighted by atomic mass is 10.2. The largest absolute Gasteiger partial charge is 0.322 e. The van der Waals surface area contributed by atoms with Gasteiger partial charge in [0.05, 0.1) is 9.92 Å². The Morgan fingerprint density at radius 3 is 2.52 bits per heavy atom. The van der Waals surface area contributed by atoms with E-state index >= 15 is 0 Å². The standard InChI is InChI=1S/C14H11ClINO3S/c1-21(19,20)13-7-9(5-6-12(13)15)14(18)17-11-4-2-3-10(16)8-11/h2-8H,1H3,(H,17,18). The average Bonchev–Trinajstić information content (AvgIpc) is 2.37. The second kappa shape index (κ2) is 6.33. The molecule has 0 aliphatic carbocycles. The molecule has 21 heavy (non-hydrogen) atoms. The maximum absolute atomic E-state index is 12.2. The summed E-state index contributed by atoms with van der Waals surface area (Å²) in [5, 5.41) is 2.82. The van der Waals surface area contributed by atoms with Gasteiger partial charge in [-0.25, -0.2) is 8.42 Å². The van der Waals surface area contributed by atoms with Crippen LogP contribution in [0.3, 0.4) is 0 Å². The van der Waals surface area contributed by atoms with E-state index in [1.807, 2.05) is 18.2 Å². The van der Waals surface area contributed by atoms with Gasteiger partial charge in [-0.2, -0.15) is 0 Å². The van der Waals surface area contributed by atoms with Gasteiger partial charge >= 0.3 is 0 Å². The maximum Gasteiger partial charge on any atom is 0.255 e. The summed E-state index contributed by atoms with van der Waals surface area (Å²) < 4.78 is 24.2. The summed E-state index contributed by atoms with van der Waals surface area (Å²) in [6, 6.07) is 11.5. The molecule has 2 rings (SSSR count). The van der Waals surface area contributed by atoms with Crippen LogP contribution in [0.25, 0.3) is 0 Å². The number of carbonyl (C=O) groups excluding carboxylic acids is 1. The predicted molar refractivity (Wildman–Crippen MR) is 91.7 cm³/mol. The van der Waals surface area contributed by atoms with Crippen molar-refractivity contribution < 1.29 is 13.2 Å². The topological polar surface area (TPSA) is 63.2 Å². The van der Waals surface area contributed by atoms with Crippen molar-refractivity contribution in [2.45, 2.75) is 4.90 Å². The molecule has 0 aromatic heterocycles. The molecule has 0 atom stereocenters. The molecule has 1 N–H and O–H groups in total. The molecule has 0 aliphatic heterocycles. The summed E-state index contributed by atoms with van der Waals surface area (Å²) in [5.41, 5.74) is 0.876. The Kier molecular flexibility index (Phi) is 4.90. The van der Waals surface area contributed by atoms with Crippen molar-refractivity contribution in [3.8, 4) is 0 Å². The molecule has 4 nitrogen and oxygen atoms in total. The first-order valence-corrected chi connectivity index (χ1v) is 9.19. The third-order valence-electron chi connectivity index (χ3n) is 2.68. The van der Waals surface area contributed by atoms with Crippen LogP contribution in [0.15, 0.2) is 47.4 Å². The van der Waals surface area contributed by atoms with E-state index in [-0.39, 0.29) is 15.5 Å². The molecule has 0 fully saturated rings. The van der Waals surface area contributed by atoms with Crippen molar-refractivity contribution in [1.29, 1.82) is 0 Å². The van der Waals surface area contributed by atoms with Crippen LogP contribution >= 0.6 is 34.2 Å². The summed E-state index contributed by atoms with van der Waals surface area (Å²) in [4.78, 5) is 12.1. The highest BCUT2D eigenvalue weighted by molar-refractivity contribution is 14.1. The minimum absolute atomic E-state index is 0.0561. The molecular formula is C14H11ClINO3S. The Hall–Kier alpha value is -1.12. The molecule has 2 aromatic carbocycles. The smallest absolute Gasteiger partial charge is 0.255 e. The normalized spacial score (nSPS) is 11.2. The lowest BCUT2D eigenvalue weighted by Gasteiger charge is -2.08. The molecule has 0 saturated carbocycles. The quantitative estimate of drug-likeness (QED) is 0.749. The monoisotopic (exact) mass is 435 g/mol. The molecule has 110 valence electrons. The van der Waals surface area contributed by atoms with E-state index in [9.17, 15) is 13.2 Å². The van der Waals surface area contributed by atoms with Crippen LogP contribution in [-0.2, 0) is 9.84 Å². The summed E-state index contributed by atoms with van der Waals surface area (Å²) in [6.07, 6.45) is 1.05. The molecule has 0 aliphatic rings. The molecular weight excluding hydrogens is 425 g/mol. The summed E-state index contributed by atoms with van der Waals surface area (Å²) in [5.74, 6) is -0.390. The van der Waals surface area contributed by atoms with E-state index in [1.54, 1.807) is 6.07 Å². The molecule has 0 radical (unpaired) electrons. The van der Waals surface area contributed by atoms with Gasteiger partial charge in [0, 0.05) is 21.1 Å². The Bertz CT molecular complexity index is 806. The van der Waals surface area contributed by atoms with Crippen molar-refractivity contribution in [2.24, 2.45) is 0 Å². The van der Waals surface area contributed by atoms with Crippen LogP contribution in [0, 0.1) is 3.57 Å². The van der Waals surface area contributed by atoms with Gasteiger partial charge in [-0.1, -0.05) is 17.7 Å². The number of carbonyl (C=O) groups is 1. The van der Waals surface area contributed by atoms with Crippen LogP contribution < -0.4 is 5.32 Å². The molecule has 1 amide bonds. The van der Waals surface area contributed by atoms with E-state index < -0.39 is 15.7 Å². The van der Waals surface area contributed by atoms with Gasteiger partial charge in [-0.15, -0.1) is 0 Å². The number of benzene rings is 2. The summed E-state index contributed by atoms with van der Waals surface area (Å²) in [7, 11) is -3.48. The minimum Gasteiger partial charge on any atom is -0.322 e. The number of halogens is 2. The average molecular weight is 436 g/mol. The first-order chi connectivity index (χ1) is 9.77. The lowest BCUT2D eigenvalue weighted by molar-refractivity contribution is 0.102. The second-order valence-electron chi connectivity index (χ2n) is 4.38. The first-order valence-electron chi connectivity index (χ1n) is 5.84. The number of rotatable bonds is 3. The molecule has 2 aromatic rings. The van der Waals surface area contributed by atoms with Crippen molar-refractivity contribution in [3.63, 3.8) is 0 Å². The summed E-state index contributed by atoms with van der Waals surface area (Å²) >= 11 is 7.99. The third-order valence-corrected chi connectivity index (χ3v) is 4.92. The zero-order chi connectivity index (χ0) is 15.6. The van der Waals surface area contributed by atoms with Crippen molar-refractivity contribution in [3.05, 3.63) is 56.6 Å². The van der Waals surface area contributed by atoms with Crippen LogP contribution in [0.4, 0.5) is 5.69 Å². The van der Waals surface area contributed by atoms with E-state index in [1.165, 1.54) is 18.2 Å². The molecule has 7 heteroatoms. The van der Waals surface area contributed by atoms with Crippen molar-refractivity contribution >= 4 is 55.6 Å². The SMILES string of the molecule is CS(=O)(=O)c1cc(C(=O)Nc2cccc(I)c2)ccc1Cl. The number of sulfone groups is 1. The van der Waals surface area contributed by atoms with Gasteiger partial charge in [-0.3, -0.25) is 4.79 Å². The number of hydrogen-bond acceptors (Lipinski definition) is 3. The molecule has 0 bridgehead atoms. The van der Waals surface area contributed by atoms with Gasteiger partial charge in [0.1, 0.15) is 0 Å². The van der Waals surface area contributed by atoms with E-state index in [0.29, 0.717) is 5.69 Å². The fraction of sp³-hybridized carbons (Fsp3) is 0.0714. The zero-order valence-corrected chi connectivity index (χ0v) is 14.7. The third kappa shape index (κ3) is 4.18. The molecule has 0 heterocycles. The summed E-state index contributed by atoms with van der Waals surface area (Å²) in [6.45, 7) is 0. The van der Waals surface area contributed by atoms with Crippen LogP contribution in [-0.4, -0.2) is 20.6 Å². The van der Waals surface area contributed by atoms with Crippen LogP contribution in [0.5, 0.6) is 0 Å². The highest BCUT2D eigenvalue weighted by Gasteiger charge is 2.16. The zero-order valence-electron chi connectivity index (χ0n) is 10.9. The van der Waals surface area contributed by atoms with Crippen molar-refractivity contribution in [2.75, 3.05) is 11.6 Å².